The molecule has 0 aromatic carbocycles. The van der Waals surface area contributed by atoms with Crippen LogP contribution in [0.4, 0.5) is 0 Å². The average molecular weight is 251 g/mol. The molecule has 0 bridgehead atoms. The summed E-state index contributed by atoms with van der Waals surface area (Å²) >= 11 is 0. The third kappa shape index (κ3) is 4.04. The van der Waals surface area contributed by atoms with Crippen molar-refractivity contribution in [3.63, 3.8) is 0 Å². The second kappa shape index (κ2) is 6.58. The van der Waals surface area contributed by atoms with Crippen LogP contribution < -0.4 is 5.32 Å². The standard InChI is InChI=1S/C12H17N3O3/c1-9(12(17)18-5-4-13-8-16)7-15-11(3)6-10(2)14-15/h6-8H,4-5H2,1-3H3,(H,13,16). The Hall–Kier alpha value is -2.11. The number of esters is 1. The number of hydrogen-bond donors (Lipinski definition) is 1. The number of carbonyl (C=O) groups is 2. The number of amides is 1. The van der Waals surface area contributed by atoms with Crippen LogP contribution in [0.2, 0.25) is 0 Å². The van der Waals surface area contributed by atoms with Gasteiger partial charge in [-0.25, -0.2) is 9.48 Å². The molecule has 1 aromatic rings. The molecule has 0 saturated heterocycles. The predicted molar refractivity (Wildman–Crippen MR) is 66.7 cm³/mol. The van der Waals surface area contributed by atoms with Gasteiger partial charge in [-0.1, -0.05) is 0 Å². The molecule has 1 aromatic heterocycles. The predicted octanol–water partition coefficient (Wildman–Crippen LogP) is 0.650. The minimum atomic E-state index is -0.421. The van der Waals surface area contributed by atoms with Gasteiger partial charge >= 0.3 is 5.97 Å². The van der Waals surface area contributed by atoms with Crippen LogP contribution in [0.3, 0.4) is 0 Å². The lowest BCUT2D eigenvalue weighted by Gasteiger charge is -2.04. The van der Waals surface area contributed by atoms with Crippen molar-refractivity contribution >= 4 is 18.6 Å². The van der Waals surface area contributed by atoms with E-state index < -0.39 is 5.97 Å². The minimum Gasteiger partial charge on any atom is -0.460 e. The van der Waals surface area contributed by atoms with E-state index in [0.29, 0.717) is 18.5 Å². The van der Waals surface area contributed by atoms with E-state index in [-0.39, 0.29) is 6.61 Å². The van der Waals surface area contributed by atoms with E-state index in [4.69, 9.17) is 4.74 Å². The topological polar surface area (TPSA) is 73.2 Å². The Kier molecular flexibility index (Phi) is 5.10. The van der Waals surface area contributed by atoms with E-state index in [0.717, 1.165) is 11.4 Å². The number of aromatic nitrogens is 2. The summed E-state index contributed by atoms with van der Waals surface area (Å²) in [6.45, 7) is 5.91. The van der Waals surface area contributed by atoms with Crippen LogP contribution in [-0.2, 0) is 14.3 Å². The van der Waals surface area contributed by atoms with Crippen molar-refractivity contribution in [2.75, 3.05) is 13.2 Å². The first-order chi connectivity index (χ1) is 8.54. The summed E-state index contributed by atoms with van der Waals surface area (Å²) in [6.07, 6.45) is 2.18. The fraction of sp³-hybridized carbons (Fsp3) is 0.417. The van der Waals surface area contributed by atoms with Gasteiger partial charge in [0.05, 0.1) is 17.8 Å². The molecule has 0 aliphatic rings. The summed E-state index contributed by atoms with van der Waals surface area (Å²) < 4.78 is 6.59. The lowest BCUT2D eigenvalue weighted by Crippen LogP contribution is -2.20. The Labute approximate surface area is 106 Å². The van der Waals surface area contributed by atoms with Crippen molar-refractivity contribution in [3.05, 3.63) is 23.0 Å². The molecule has 1 rings (SSSR count). The first-order valence-electron chi connectivity index (χ1n) is 5.60. The van der Waals surface area contributed by atoms with Crippen molar-refractivity contribution in [2.45, 2.75) is 20.8 Å². The normalized spacial score (nSPS) is 11.2. The number of carbonyl (C=O) groups excluding carboxylic acids is 2. The molecule has 1 N–H and O–H groups in total. The first kappa shape index (κ1) is 14.0. The Morgan fingerprint density at radius 2 is 2.28 bits per heavy atom. The third-order valence-electron chi connectivity index (χ3n) is 2.25. The number of nitrogens with zero attached hydrogens (tertiary/aromatic N) is 2. The second-order valence-electron chi connectivity index (χ2n) is 3.89. The number of rotatable bonds is 6. The summed E-state index contributed by atoms with van der Waals surface area (Å²) in [6, 6.07) is 1.92. The molecule has 0 radical (unpaired) electrons. The zero-order valence-corrected chi connectivity index (χ0v) is 10.8. The van der Waals surface area contributed by atoms with Gasteiger partial charge in [-0.05, 0) is 26.8 Å². The van der Waals surface area contributed by atoms with Crippen LogP contribution in [0, 0.1) is 13.8 Å². The fourth-order valence-corrected chi connectivity index (χ4v) is 1.39. The van der Waals surface area contributed by atoms with Gasteiger partial charge in [0.2, 0.25) is 6.41 Å². The number of nitrogens with one attached hydrogen (secondary N) is 1. The molecule has 0 spiro atoms. The SMILES string of the molecule is CC(=Cn1nc(C)cc1C)C(=O)OCCNC=O. The molecule has 1 amide bonds. The van der Waals surface area contributed by atoms with Crippen LogP contribution in [0.25, 0.3) is 6.20 Å². The van der Waals surface area contributed by atoms with Crippen molar-refractivity contribution in [1.29, 1.82) is 0 Å². The highest BCUT2D eigenvalue weighted by molar-refractivity contribution is 5.91. The molecule has 0 fully saturated rings. The number of hydrogen-bond acceptors (Lipinski definition) is 4. The number of ether oxygens (including phenoxy) is 1. The van der Waals surface area contributed by atoms with E-state index in [9.17, 15) is 9.59 Å². The first-order valence-corrected chi connectivity index (χ1v) is 5.60. The molecular formula is C12H17N3O3. The van der Waals surface area contributed by atoms with Crippen LogP contribution in [0.5, 0.6) is 0 Å². The van der Waals surface area contributed by atoms with E-state index in [1.807, 2.05) is 19.9 Å². The Morgan fingerprint density at radius 3 is 2.83 bits per heavy atom. The molecule has 0 atom stereocenters. The zero-order chi connectivity index (χ0) is 13.5. The Morgan fingerprint density at radius 1 is 1.56 bits per heavy atom. The monoisotopic (exact) mass is 251 g/mol. The molecule has 0 aliphatic carbocycles. The molecular weight excluding hydrogens is 234 g/mol. The Bertz CT molecular complexity index is 463. The maximum absolute atomic E-state index is 11.6. The highest BCUT2D eigenvalue weighted by Crippen LogP contribution is 2.05. The van der Waals surface area contributed by atoms with Gasteiger partial charge in [0.15, 0.2) is 0 Å². The fourth-order valence-electron chi connectivity index (χ4n) is 1.39. The quantitative estimate of drug-likeness (QED) is 0.349. The van der Waals surface area contributed by atoms with E-state index in [2.05, 4.69) is 10.4 Å². The molecule has 0 unspecified atom stereocenters. The van der Waals surface area contributed by atoms with Gasteiger partial charge < -0.3 is 10.1 Å². The van der Waals surface area contributed by atoms with Gasteiger partial charge in [0.1, 0.15) is 6.61 Å². The lowest BCUT2D eigenvalue weighted by molar-refractivity contribution is -0.139. The third-order valence-corrected chi connectivity index (χ3v) is 2.25. The summed E-state index contributed by atoms with van der Waals surface area (Å²) in [5.41, 5.74) is 2.29. The average Bonchev–Trinajstić information content (AvgIpc) is 2.63. The maximum atomic E-state index is 11.6. The van der Waals surface area contributed by atoms with E-state index in [1.54, 1.807) is 17.8 Å². The highest BCUT2D eigenvalue weighted by atomic mass is 16.5. The summed E-state index contributed by atoms with van der Waals surface area (Å²) in [4.78, 5) is 21.6. The van der Waals surface area contributed by atoms with Gasteiger partial charge in [-0.2, -0.15) is 5.10 Å². The van der Waals surface area contributed by atoms with Crippen molar-refractivity contribution in [1.82, 2.24) is 15.1 Å². The lowest BCUT2D eigenvalue weighted by atomic mass is 10.3. The number of aryl methyl sites for hydroxylation is 2. The van der Waals surface area contributed by atoms with Gasteiger partial charge in [-0.3, -0.25) is 4.79 Å². The van der Waals surface area contributed by atoms with Gasteiger partial charge in [0, 0.05) is 11.9 Å². The van der Waals surface area contributed by atoms with Crippen molar-refractivity contribution in [2.24, 2.45) is 0 Å². The van der Waals surface area contributed by atoms with Gasteiger partial charge in [0.25, 0.3) is 0 Å². The molecule has 0 aliphatic heterocycles. The molecule has 6 heteroatoms. The van der Waals surface area contributed by atoms with Crippen LogP contribution in [0.1, 0.15) is 18.3 Å². The summed E-state index contributed by atoms with van der Waals surface area (Å²) in [5, 5.41) is 6.63. The molecule has 1 heterocycles. The summed E-state index contributed by atoms with van der Waals surface area (Å²) in [5.74, 6) is -0.421. The van der Waals surface area contributed by atoms with E-state index in [1.165, 1.54) is 0 Å². The molecule has 18 heavy (non-hydrogen) atoms. The van der Waals surface area contributed by atoms with Crippen LogP contribution in [0.15, 0.2) is 11.6 Å². The molecule has 0 saturated carbocycles. The zero-order valence-electron chi connectivity index (χ0n) is 10.8. The van der Waals surface area contributed by atoms with Crippen molar-refractivity contribution < 1.29 is 14.3 Å². The summed E-state index contributed by atoms with van der Waals surface area (Å²) in [7, 11) is 0. The molecule has 98 valence electrons. The highest BCUT2D eigenvalue weighted by Gasteiger charge is 2.07. The van der Waals surface area contributed by atoms with E-state index >= 15 is 0 Å². The Balaban J connectivity index is 2.57. The van der Waals surface area contributed by atoms with Crippen LogP contribution in [-0.4, -0.2) is 35.3 Å². The second-order valence-corrected chi connectivity index (χ2v) is 3.89. The minimum absolute atomic E-state index is 0.153. The largest absolute Gasteiger partial charge is 0.460 e. The smallest absolute Gasteiger partial charge is 0.335 e. The molecule has 6 nitrogen and oxygen atoms in total. The van der Waals surface area contributed by atoms with Gasteiger partial charge in [-0.15, -0.1) is 0 Å². The maximum Gasteiger partial charge on any atom is 0.335 e. The van der Waals surface area contributed by atoms with Crippen molar-refractivity contribution in [3.8, 4) is 0 Å². The van der Waals surface area contributed by atoms with Crippen LogP contribution >= 0.6 is 0 Å².